The third-order valence-corrected chi connectivity index (χ3v) is 10.4. The van der Waals surface area contributed by atoms with Gasteiger partial charge in [0.15, 0.2) is 0 Å². The third kappa shape index (κ3) is 5.50. The zero-order chi connectivity index (χ0) is 33.5. The smallest absolute Gasteiger partial charge is 0.407 e. The van der Waals surface area contributed by atoms with Gasteiger partial charge in [-0.15, -0.1) is 0 Å². The summed E-state index contributed by atoms with van der Waals surface area (Å²) in [6.07, 6.45) is 10.5. The first-order valence-corrected chi connectivity index (χ1v) is 16.8. The first-order valence-electron chi connectivity index (χ1n) is 16.8. The van der Waals surface area contributed by atoms with Gasteiger partial charge in [0.05, 0.1) is 42.3 Å². The number of carbonyl (C=O) groups excluding carboxylic acids is 1. The number of rotatable bonds is 8. The predicted octanol–water partition coefficient (Wildman–Crippen LogP) is 7.41. The maximum Gasteiger partial charge on any atom is 0.407 e. The minimum Gasteiger partial charge on any atom is -0.496 e. The molecule has 2 aliphatic rings. The van der Waals surface area contributed by atoms with Gasteiger partial charge in [0.25, 0.3) is 5.91 Å². The minimum absolute atomic E-state index is 0.0546. The van der Waals surface area contributed by atoms with Crippen LogP contribution in [0.1, 0.15) is 79.3 Å². The number of ether oxygens (including phenoxy) is 2. The molecule has 2 N–H and O–H groups in total. The Kier molecular flexibility index (Phi) is 8.45. The van der Waals surface area contributed by atoms with E-state index in [2.05, 4.69) is 14.7 Å². The summed E-state index contributed by atoms with van der Waals surface area (Å²) in [5, 5.41) is 14.0. The van der Waals surface area contributed by atoms with Crippen LogP contribution < -0.4 is 14.8 Å². The van der Waals surface area contributed by atoms with Gasteiger partial charge in [-0.3, -0.25) is 14.2 Å². The van der Waals surface area contributed by atoms with Gasteiger partial charge < -0.3 is 29.4 Å². The molecule has 11 heteroatoms. The monoisotopic (exact) mass is 650 g/mol. The van der Waals surface area contributed by atoms with Crippen LogP contribution in [-0.4, -0.2) is 67.2 Å². The maximum absolute atomic E-state index is 13.5. The number of aryl methyl sites for hydroxylation is 2. The van der Waals surface area contributed by atoms with Crippen molar-refractivity contribution in [3.05, 3.63) is 72.1 Å². The molecule has 2 aliphatic carbocycles. The van der Waals surface area contributed by atoms with Crippen LogP contribution in [0.15, 0.2) is 54.9 Å². The van der Waals surface area contributed by atoms with E-state index < -0.39 is 6.09 Å². The second-order valence-corrected chi connectivity index (χ2v) is 13.0. The summed E-state index contributed by atoms with van der Waals surface area (Å²) in [4.78, 5) is 37.3. The number of carbonyl (C=O) groups is 2. The summed E-state index contributed by atoms with van der Waals surface area (Å²) in [6, 6.07) is 13.5. The maximum atomic E-state index is 13.5. The molecule has 2 saturated carbocycles. The molecule has 5 aromatic rings. The van der Waals surface area contributed by atoms with Crippen molar-refractivity contribution in [2.24, 2.45) is 7.05 Å². The fraction of sp³-hybridized carbons (Fsp3) is 0.405. The van der Waals surface area contributed by atoms with Gasteiger partial charge >= 0.3 is 6.09 Å². The van der Waals surface area contributed by atoms with Crippen molar-refractivity contribution in [1.29, 1.82) is 0 Å². The molecule has 7 rings (SSSR count). The largest absolute Gasteiger partial charge is 0.496 e. The van der Waals surface area contributed by atoms with Crippen molar-refractivity contribution >= 4 is 34.1 Å². The SMILES string of the molecule is COc1cc(-c2nc([C@H]3CC[C@H](N(C(=O)O)C4CCCC4)CC3)n3ccnc(C)c23)ccc1NC(=O)c1cc2c(OC)cccc2n1C. The average molecular weight is 651 g/mol. The second kappa shape index (κ2) is 12.9. The molecule has 3 heterocycles. The number of benzene rings is 2. The molecule has 250 valence electrons. The molecule has 0 radical (unpaired) electrons. The number of carboxylic acid groups (broad SMARTS) is 1. The number of methoxy groups -OCH3 is 2. The first kappa shape index (κ1) is 31.5. The van der Waals surface area contributed by atoms with Crippen molar-refractivity contribution in [1.82, 2.24) is 23.8 Å². The number of hydrogen-bond acceptors (Lipinski definition) is 6. The Morgan fingerprint density at radius 2 is 1.69 bits per heavy atom. The van der Waals surface area contributed by atoms with E-state index in [4.69, 9.17) is 14.5 Å². The number of nitrogens with zero attached hydrogens (tertiary/aromatic N) is 5. The lowest BCUT2D eigenvalue weighted by atomic mass is 9.84. The molecule has 11 nitrogen and oxygen atoms in total. The van der Waals surface area contributed by atoms with Crippen LogP contribution in [0.2, 0.25) is 0 Å². The van der Waals surface area contributed by atoms with Gasteiger partial charge in [-0.2, -0.15) is 0 Å². The van der Waals surface area contributed by atoms with Crippen LogP contribution in [0, 0.1) is 6.92 Å². The highest BCUT2D eigenvalue weighted by atomic mass is 16.5. The molecule has 0 spiro atoms. The van der Waals surface area contributed by atoms with E-state index >= 15 is 0 Å². The zero-order valence-corrected chi connectivity index (χ0v) is 27.9. The van der Waals surface area contributed by atoms with E-state index in [0.29, 0.717) is 22.9 Å². The molecule has 0 bridgehead atoms. The molecule has 2 fully saturated rings. The van der Waals surface area contributed by atoms with Crippen LogP contribution in [0.5, 0.6) is 11.5 Å². The molecule has 0 aliphatic heterocycles. The lowest BCUT2D eigenvalue weighted by molar-refractivity contribution is 0.0821. The zero-order valence-electron chi connectivity index (χ0n) is 27.9. The highest BCUT2D eigenvalue weighted by Crippen LogP contribution is 2.40. The van der Waals surface area contributed by atoms with Crippen LogP contribution in [-0.2, 0) is 7.05 Å². The number of imidazole rings is 1. The standard InChI is InChI=1S/C37H42N6O5/c1-22-34-33(40-35(42(34)19-18-38-22)23-12-15-26(16-13-23)43(37(45)46)25-8-5-6-9-25)24-14-17-28(32(20-24)48-4)39-36(44)30-21-27-29(41(30)2)10-7-11-31(27)47-3/h7,10-11,14,17-21,23,25-26H,5-6,8-9,12-13,15-16H2,1-4H3,(H,39,44)(H,45,46)/t23-,26-. The topological polar surface area (TPSA) is 123 Å². The predicted molar refractivity (Wildman–Crippen MR) is 184 cm³/mol. The van der Waals surface area contributed by atoms with Crippen LogP contribution in [0.4, 0.5) is 10.5 Å². The van der Waals surface area contributed by atoms with Crippen LogP contribution in [0.3, 0.4) is 0 Å². The quantitative estimate of drug-likeness (QED) is 0.179. The van der Waals surface area contributed by atoms with E-state index in [1.54, 1.807) is 25.3 Å². The van der Waals surface area contributed by atoms with Gasteiger partial charge in [0.2, 0.25) is 0 Å². The third-order valence-electron chi connectivity index (χ3n) is 10.4. The Labute approximate surface area is 279 Å². The van der Waals surface area contributed by atoms with Gasteiger partial charge in [-0.1, -0.05) is 25.0 Å². The number of amides is 2. The van der Waals surface area contributed by atoms with Gasteiger partial charge in [-0.05, 0) is 75.8 Å². The molecular weight excluding hydrogens is 608 g/mol. The molecule has 0 atom stereocenters. The number of anilines is 1. The van der Waals surface area contributed by atoms with Crippen molar-refractivity contribution < 1.29 is 24.2 Å². The Bertz CT molecular complexity index is 2000. The van der Waals surface area contributed by atoms with Crippen molar-refractivity contribution in [3.63, 3.8) is 0 Å². The summed E-state index contributed by atoms with van der Waals surface area (Å²) in [5.41, 5.74) is 5.38. The van der Waals surface area contributed by atoms with Crippen molar-refractivity contribution in [2.75, 3.05) is 19.5 Å². The normalized spacial score (nSPS) is 18.3. The molecule has 3 aromatic heterocycles. The Morgan fingerprint density at radius 1 is 0.958 bits per heavy atom. The summed E-state index contributed by atoms with van der Waals surface area (Å²) in [6.45, 7) is 1.98. The molecule has 0 saturated heterocycles. The number of nitrogens with one attached hydrogen (secondary N) is 1. The fourth-order valence-corrected chi connectivity index (χ4v) is 7.97. The van der Waals surface area contributed by atoms with E-state index in [1.165, 1.54) is 0 Å². The molecule has 2 aromatic carbocycles. The molecule has 48 heavy (non-hydrogen) atoms. The molecule has 2 amide bonds. The van der Waals surface area contributed by atoms with Crippen molar-refractivity contribution in [2.45, 2.75) is 76.3 Å². The highest BCUT2D eigenvalue weighted by molar-refractivity contribution is 6.08. The minimum atomic E-state index is -0.786. The Hall–Kier alpha value is -5.06. The fourth-order valence-electron chi connectivity index (χ4n) is 7.97. The molecular formula is C37H42N6O5. The Balaban J connectivity index is 1.16. The van der Waals surface area contributed by atoms with E-state index in [-0.39, 0.29) is 23.9 Å². The first-order chi connectivity index (χ1) is 23.3. The van der Waals surface area contributed by atoms with E-state index in [9.17, 15) is 14.7 Å². The summed E-state index contributed by atoms with van der Waals surface area (Å²) in [5.74, 6) is 2.13. The lowest BCUT2D eigenvalue weighted by Gasteiger charge is -2.38. The van der Waals surface area contributed by atoms with Crippen LogP contribution in [0.25, 0.3) is 27.7 Å². The van der Waals surface area contributed by atoms with E-state index in [1.807, 2.05) is 67.2 Å². The van der Waals surface area contributed by atoms with Crippen molar-refractivity contribution in [3.8, 4) is 22.8 Å². The van der Waals surface area contributed by atoms with Gasteiger partial charge in [0, 0.05) is 48.4 Å². The van der Waals surface area contributed by atoms with E-state index in [0.717, 1.165) is 90.6 Å². The van der Waals surface area contributed by atoms with Crippen LogP contribution >= 0.6 is 0 Å². The highest BCUT2D eigenvalue weighted by Gasteiger charge is 2.36. The molecule has 0 unspecified atom stereocenters. The second-order valence-electron chi connectivity index (χ2n) is 13.0. The van der Waals surface area contributed by atoms with Gasteiger partial charge in [0.1, 0.15) is 23.0 Å². The van der Waals surface area contributed by atoms with Gasteiger partial charge in [-0.25, -0.2) is 9.78 Å². The summed E-state index contributed by atoms with van der Waals surface area (Å²) >= 11 is 0. The number of aromatic nitrogens is 4. The summed E-state index contributed by atoms with van der Waals surface area (Å²) < 4.78 is 15.3. The number of fused-ring (bicyclic) bond motifs is 2. The lowest BCUT2D eigenvalue weighted by Crippen LogP contribution is -2.46. The number of hydrogen-bond donors (Lipinski definition) is 2. The summed E-state index contributed by atoms with van der Waals surface area (Å²) in [7, 11) is 5.07. The Morgan fingerprint density at radius 3 is 2.40 bits per heavy atom. The average Bonchev–Trinajstić information content (AvgIpc) is 3.84.